The van der Waals surface area contributed by atoms with Gasteiger partial charge in [0.15, 0.2) is 0 Å². The number of hydrogen-bond donors (Lipinski definition) is 1. The van der Waals surface area contributed by atoms with Crippen molar-refractivity contribution in [1.29, 1.82) is 0 Å². The van der Waals surface area contributed by atoms with Gasteiger partial charge in [-0.1, -0.05) is 12.8 Å². The number of esters is 1. The van der Waals surface area contributed by atoms with Crippen LogP contribution in [0.1, 0.15) is 38.5 Å². The van der Waals surface area contributed by atoms with Gasteiger partial charge in [0.25, 0.3) is 0 Å². The van der Waals surface area contributed by atoms with Gasteiger partial charge in [0.05, 0.1) is 19.6 Å². The van der Waals surface area contributed by atoms with Crippen molar-refractivity contribution in [2.45, 2.75) is 50.6 Å². The summed E-state index contributed by atoms with van der Waals surface area (Å²) in [7, 11) is 1.36. The van der Waals surface area contributed by atoms with Crippen LogP contribution >= 0.6 is 0 Å². The topological polar surface area (TPSA) is 58.6 Å². The molecule has 18 heavy (non-hydrogen) atoms. The van der Waals surface area contributed by atoms with Crippen LogP contribution in [-0.2, 0) is 14.3 Å². The van der Waals surface area contributed by atoms with E-state index >= 15 is 0 Å². The van der Waals surface area contributed by atoms with E-state index in [1.54, 1.807) is 0 Å². The molecule has 0 bridgehead atoms. The van der Waals surface area contributed by atoms with Crippen molar-refractivity contribution in [2.75, 3.05) is 20.2 Å². The highest BCUT2D eigenvalue weighted by Crippen LogP contribution is 2.25. The lowest BCUT2D eigenvalue weighted by atomic mass is 10.1. The fourth-order valence-corrected chi connectivity index (χ4v) is 2.91. The molecule has 1 atom stereocenters. The van der Waals surface area contributed by atoms with Crippen LogP contribution in [-0.4, -0.2) is 49.1 Å². The first-order chi connectivity index (χ1) is 8.72. The molecule has 1 N–H and O–H groups in total. The number of amides is 1. The number of ether oxygens (including phenoxy) is 1. The quantitative estimate of drug-likeness (QED) is 0.753. The van der Waals surface area contributed by atoms with Crippen molar-refractivity contribution in [3.05, 3.63) is 0 Å². The molecule has 5 heteroatoms. The van der Waals surface area contributed by atoms with Crippen LogP contribution < -0.4 is 5.32 Å². The van der Waals surface area contributed by atoms with E-state index in [-0.39, 0.29) is 18.3 Å². The summed E-state index contributed by atoms with van der Waals surface area (Å²) in [4.78, 5) is 25.8. The molecule has 0 aromatic rings. The van der Waals surface area contributed by atoms with Crippen LogP contribution in [0, 0.1) is 0 Å². The highest BCUT2D eigenvalue weighted by molar-refractivity contribution is 5.87. The first-order valence-electron chi connectivity index (χ1n) is 6.83. The van der Waals surface area contributed by atoms with Crippen LogP contribution in [0.3, 0.4) is 0 Å². The van der Waals surface area contributed by atoms with Gasteiger partial charge in [-0.15, -0.1) is 0 Å². The maximum absolute atomic E-state index is 12.4. The largest absolute Gasteiger partial charge is 0.469 e. The predicted octanol–water partition coefficient (Wildman–Crippen LogP) is 0.683. The summed E-state index contributed by atoms with van der Waals surface area (Å²) >= 11 is 0. The molecule has 1 saturated carbocycles. The van der Waals surface area contributed by atoms with Gasteiger partial charge in [-0.2, -0.15) is 0 Å². The molecule has 1 heterocycles. The van der Waals surface area contributed by atoms with E-state index in [2.05, 4.69) is 10.1 Å². The van der Waals surface area contributed by atoms with Crippen LogP contribution in [0.4, 0.5) is 0 Å². The highest BCUT2D eigenvalue weighted by atomic mass is 16.5. The molecule has 2 aliphatic rings. The molecular weight excluding hydrogens is 232 g/mol. The Labute approximate surface area is 108 Å². The number of rotatable bonds is 3. The lowest BCUT2D eigenvalue weighted by Crippen LogP contribution is -2.48. The van der Waals surface area contributed by atoms with E-state index in [1.165, 1.54) is 20.0 Å². The molecule has 1 amide bonds. The van der Waals surface area contributed by atoms with Crippen LogP contribution in [0.5, 0.6) is 0 Å². The second-order valence-corrected chi connectivity index (χ2v) is 5.11. The molecule has 1 aliphatic heterocycles. The lowest BCUT2D eigenvalue weighted by molar-refractivity contribution is -0.145. The Balaban J connectivity index is 2.01. The standard InChI is InChI=1S/C13H22N2O3/c1-18-12(16)9-11-13(17)15(8-4-7-14-11)10-5-2-3-6-10/h10-11,14H,2-9H2,1H3. The third-order valence-corrected chi connectivity index (χ3v) is 3.91. The van der Waals surface area contributed by atoms with Crippen LogP contribution in [0.25, 0.3) is 0 Å². The molecule has 102 valence electrons. The zero-order valence-electron chi connectivity index (χ0n) is 11.0. The smallest absolute Gasteiger partial charge is 0.307 e. The molecule has 1 saturated heterocycles. The highest BCUT2D eigenvalue weighted by Gasteiger charge is 2.33. The lowest BCUT2D eigenvalue weighted by Gasteiger charge is -2.29. The van der Waals surface area contributed by atoms with E-state index in [1.807, 2.05) is 4.90 Å². The summed E-state index contributed by atoms with van der Waals surface area (Å²) in [6.45, 7) is 1.60. The summed E-state index contributed by atoms with van der Waals surface area (Å²) < 4.78 is 4.65. The van der Waals surface area contributed by atoms with Gasteiger partial charge in [-0.25, -0.2) is 0 Å². The van der Waals surface area contributed by atoms with E-state index in [0.29, 0.717) is 6.04 Å². The van der Waals surface area contributed by atoms with Crippen molar-refractivity contribution < 1.29 is 14.3 Å². The summed E-state index contributed by atoms with van der Waals surface area (Å²) in [6, 6.07) is -0.0157. The maximum Gasteiger partial charge on any atom is 0.307 e. The van der Waals surface area contributed by atoms with Crippen molar-refractivity contribution in [2.24, 2.45) is 0 Å². The van der Waals surface area contributed by atoms with Crippen molar-refractivity contribution in [3.63, 3.8) is 0 Å². The molecule has 0 spiro atoms. The SMILES string of the molecule is COC(=O)CC1NCCCN(C2CCCC2)C1=O. The van der Waals surface area contributed by atoms with E-state index in [9.17, 15) is 9.59 Å². The Kier molecular flexibility index (Phi) is 4.58. The molecule has 0 aromatic heterocycles. The van der Waals surface area contributed by atoms with Gasteiger partial charge in [0, 0.05) is 12.6 Å². The maximum atomic E-state index is 12.4. The number of carbonyl (C=O) groups excluding carboxylic acids is 2. The molecule has 1 aliphatic carbocycles. The van der Waals surface area contributed by atoms with Crippen molar-refractivity contribution >= 4 is 11.9 Å². The average molecular weight is 254 g/mol. The second-order valence-electron chi connectivity index (χ2n) is 5.11. The molecule has 0 radical (unpaired) electrons. The fraction of sp³-hybridized carbons (Fsp3) is 0.846. The molecule has 2 rings (SSSR count). The number of nitrogens with one attached hydrogen (secondary N) is 1. The van der Waals surface area contributed by atoms with Gasteiger partial charge in [0.1, 0.15) is 0 Å². The van der Waals surface area contributed by atoms with Crippen molar-refractivity contribution in [1.82, 2.24) is 10.2 Å². The minimum atomic E-state index is -0.402. The summed E-state index contributed by atoms with van der Waals surface area (Å²) in [5.74, 6) is -0.251. The Hall–Kier alpha value is -1.10. The summed E-state index contributed by atoms with van der Waals surface area (Å²) in [5, 5.41) is 3.16. The van der Waals surface area contributed by atoms with Crippen LogP contribution in [0.2, 0.25) is 0 Å². The molecular formula is C13H22N2O3. The fourth-order valence-electron chi connectivity index (χ4n) is 2.91. The van der Waals surface area contributed by atoms with E-state index < -0.39 is 6.04 Å². The first-order valence-corrected chi connectivity index (χ1v) is 6.83. The molecule has 0 aromatic carbocycles. The molecule has 2 fully saturated rings. The van der Waals surface area contributed by atoms with Gasteiger partial charge >= 0.3 is 5.97 Å². The van der Waals surface area contributed by atoms with E-state index in [4.69, 9.17) is 0 Å². The molecule has 1 unspecified atom stereocenters. The second kappa shape index (κ2) is 6.18. The zero-order valence-corrected chi connectivity index (χ0v) is 11.0. The van der Waals surface area contributed by atoms with Gasteiger partial charge in [0.2, 0.25) is 5.91 Å². The first kappa shape index (κ1) is 13.3. The van der Waals surface area contributed by atoms with Crippen LogP contribution in [0.15, 0.2) is 0 Å². The Morgan fingerprint density at radius 3 is 2.78 bits per heavy atom. The third-order valence-electron chi connectivity index (χ3n) is 3.91. The van der Waals surface area contributed by atoms with Gasteiger partial charge in [-0.05, 0) is 25.8 Å². The van der Waals surface area contributed by atoms with E-state index in [0.717, 1.165) is 32.4 Å². The number of carbonyl (C=O) groups is 2. The monoisotopic (exact) mass is 254 g/mol. The Morgan fingerprint density at radius 1 is 1.39 bits per heavy atom. The Bertz CT molecular complexity index is 313. The van der Waals surface area contributed by atoms with Gasteiger partial charge in [-0.3, -0.25) is 9.59 Å². The minimum absolute atomic E-state index is 0.0739. The third kappa shape index (κ3) is 3.02. The molecule has 5 nitrogen and oxygen atoms in total. The number of nitrogens with zero attached hydrogens (tertiary/aromatic N) is 1. The Morgan fingerprint density at radius 2 is 2.11 bits per heavy atom. The summed E-state index contributed by atoms with van der Waals surface area (Å²) in [5.41, 5.74) is 0. The predicted molar refractivity (Wildman–Crippen MR) is 67.0 cm³/mol. The number of methoxy groups -OCH3 is 1. The number of hydrogen-bond acceptors (Lipinski definition) is 4. The zero-order chi connectivity index (χ0) is 13.0. The van der Waals surface area contributed by atoms with Crippen molar-refractivity contribution in [3.8, 4) is 0 Å². The summed E-state index contributed by atoms with van der Waals surface area (Å²) in [6.07, 6.45) is 5.74. The minimum Gasteiger partial charge on any atom is -0.469 e. The normalized spacial score (nSPS) is 26.2. The van der Waals surface area contributed by atoms with Gasteiger partial charge < -0.3 is 15.0 Å². The average Bonchev–Trinajstić information content (AvgIpc) is 2.84.